The summed E-state index contributed by atoms with van der Waals surface area (Å²) in [7, 11) is 1.98. The van der Waals surface area contributed by atoms with Crippen LogP contribution in [0.4, 0.5) is 0 Å². The first kappa shape index (κ1) is 10.9. The van der Waals surface area contributed by atoms with Crippen LogP contribution in [0.3, 0.4) is 0 Å². The number of rotatable bonds is 2. The highest BCUT2D eigenvalue weighted by molar-refractivity contribution is 5.82. The van der Waals surface area contributed by atoms with Crippen LogP contribution >= 0.6 is 0 Å². The van der Waals surface area contributed by atoms with Gasteiger partial charge in [0.15, 0.2) is 0 Å². The lowest BCUT2D eigenvalue weighted by Crippen LogP contribution is -2.66. The van der Waals surface area contributed by atoms with E-state index in [1.165, 1.54) is 6.42 Å². The lowest BCUT2D eigenvalue weighted by molar-refractivity contribution is -0.148. The molecule has 15 heavy (non-hydrogen) atoms. The van der Waals surface area contributed by atoms with Gasteiger partial charge in [-0.1, -0.05) is 6.92 Å². The van der Waals surface area contributed by atoms with Gasteiger partial charge in [0.2, 0.25) is 5.91 Å². The number of nitrogens with one attached hydrogen (secondary N) is 1. The second-order valence-corrected chi connectivity index (χ2v) is 4.62. The predicted molar refractivity (Wildman–Crippen MR) is 59.7 cm³/mol. The minimum Gasteiger partial charge on any atom is -0.338 e. The average Bonchev–Trinajstić information content (AvgIpc) is 2.27. The number of hydrogen-bond acceptors (Lipinski definition) is 3. The molecule has 86 valence electrons. The van der Waals surface area contributed by atoms with Crippen molar-refractivity contribution in [2.75, 3.05) is 26.7 Å². The van der Waals surface area contributed by atoms with Crippen LogP contribution < -0.4 is 5.32 Å². The first-order valence-corrected chi connectivity index (χ1v) is 5.89. The fraction of sp³-hybridized carbons (Fsp3) is 0.909. The molecule has 2 bridgehead atoms. The van der Waals surface area contributed by atoms with Crippen molar-refractivity contribution in [2.24, 2.45) is 0 Å². The molecule has 2 aliphatic rings. The topological polar surface area (TPSA) is 35.6 Å². The van der Waals surface area contributed by atoms with Gasteiger partial charge in [-0.3, -0.25) is 9.69 Å². The molecule has 1 N–H and O–H groups in total. The van der Waals surface area contributed by atoms with Crippen LogP contribution in [0.1, 0.15) is 20.3 Å². The third-order valence-corrected chi connectivity index (χ3v) is 3.84. The molecule has 2 aliphatic heterocycles. The molecular weight excluding hydrogens is 190 g/mol. The summed E-state index contributed by atoms with van der Waals surface area (Å²) in [5, 5.41) is 3.29. The summed E-state index contributed by atoms with van der Waals surface area (Å²) in [5.74, 6) is 0.299. The highest BCUT2D eigenvalue weighted by atomic mass is 16.2. The van der Waals surface area contributed by atoms with Crippen molar-refractivity contribution in [1.29, 1.82) is 0 Å². The number of carbonyl (C=O) groups excluding carboxylic acids is 1. The summed E-state index contributed by atoms with van der Waals surface area (Å²) in [6.45, 7) is 6.96. The number of hydrogen-bond donors (Lipinski definition) is 1. The van der Waals surface area contributed by atoms with E-state index < -0.39 is 0 Å². The number of piperidine rings is 1. The zero-order valence-electron chi connectivity index (χ0n) is 9.86. The second kappa shape index (κ2) is 4.10. The Bertz CT molecular complexity index is 256. The number of likely N-dealkylation sites (N-methyl/N-ethyl adjacent to an activating group) is 2. The predicted octanol–water partition coefficient (Wildman–Crippen LogP) is -0.101. The maximum Gasteiger partial charge on any atom is 0.239 e. The van der Waals surface area contributed by atoms with E-state index in [1.54, 1.807) is 0 Å². The monoisotopic (exact) mass is 211 g/mol. The van der Waals surface area contributed by atoms with Gasteiger partial charge in [-0.2, -0.15) is 0 Å². The molecule has 0 aromatic rings. The normalized spacial score (nSPS) is 37.1. The number of carbonyl (C=O) groups is 1. The van der Waals surface area contributed by atoms with Crippen molar-refractivity contribution < 1.29 is 4.79 Å². The first-order chi connectivity index (χ1) is 7.17. The van der Waals surface area contributed by atoms with Crippen LogP contribution in [-0.2, 0) is 4.79 Å². The molecule has 3 atom stereocenters. The van der Waals surface area contributed by atoms with Gasteiger partial charge < -0.3 is 10.2 Å². The van der Waals surface area contributed by atoms with Crippen LogP contribution in [-0.4, -0.2) is 60.5 Å². The van der Waals surface area contributed by atoms with E-state index in [0.29, 0.717) is 18.0 Å². The van der Waals surface area contributed by atoms with Crippen molar-refractivity contribution in [3.05, 3.63) is 0 Å². The van der Waals surface area contributed by atoms with E-state index in [4.69, 9.17) is 0 Å². The van der Waals surface area contributed by atoms with Crippen LogP contribution in [0, 0.1) is 0 Å². The third kappa shape index (κ3) is 1.76. The molecule has 4 heteroatoms. The Labute approximate surface area is 91.6 Å². The summed E-state index contributed by atoms with van der Waals surface area (Å²) in [6, 6.07) is 1.09. The third-order valence-electron chi connectivity index (χ3n) is 3.84. The molecular formula is C11H21N3O. The zero-order chi connectivity index (χ0) is 11.0. The first-order valence-electron chi connectivity index (χ1n) is 5.89. The summed E-state index contributed by atoms with van der Waals surface area (Å²) in [6.07, 6.45) is 1.17. The van der Waals surface area contributed by atoms with Gasteiger partial charge in [-0.15, -0.1) is 0 Å². The molecule has 0 aliphatic carbocycles. The summed E-state index contributed by atoms with van der Waals surface area (Å²) < 4.78 is 0. The molecule has 4 nitrogen and oxygen atoms in total. The van der Waals surface area contributed by atoms with E-state index in [2.05, 4.69) is 17.1 Å². The lowest BCUT2D eigenvalue weighted by Gasteiger charge is -2.50. The Balaban J connectivity index is 2.16. The minimum absolute atomic E-state index is 0.0755. The number of fused-ring (bicyclic) bond motifs is 2. The molecule has 2 heterocycles. The molecule has 2 saturated heterocycles. The van der Waals surface area contributed by atoms with E-state index in [9.17, 15) is 4.79 Å². The fourth-order valence-electron chi connectivity index (χ4n) is 2.96. The van der Waals surface area contributed by atoms with Gasteiger partial charge in [-0.25, -0.2) is 0 Å². The standard InChI is InChI=1S/C11H21N3O/c1-4-14-8(2)11(15)13-6-9(12-3)5-10(14)7-13/h8-10,12H,4-7H2,1-3H3. The molecule has 0 aromatic carbocycles. The lowest BCUT2D eigenvalue weighted by atomic mass is 9.94. The Morgan fingerprint density at radius 3 is 2.80 bits per heavy atom. The maximum absolute atomic E-state index is 12.0. The van der Waals surface area contributed by atoms with Crippen LogP contribution in [0.5, 0.6) is 0 Å². The van der Waals surface area contributed by atoms with E-state index in [1.807, 2.05) is 18.9 Å². The molecule has 2 rings (SSSR count). The van der Waals surface area contributed by atoms with Gasteiger partial charge in [0.05, 0.1) is 6.04 Å². The number of nitrogens with zero attached hydrogens (tertiary/aromatic N) is 2. The van der Waals surface area contributed by atoms with Crippen molar-refractivity contribution in [1.82, 2.24) is 15.1 Å². The van der Waals surface area contributed by atoms with Gasteiger partial charge in [0.25, 0.3) is 0 Å². The van der Waals surface area contributed by atoms with Gasteiger partial charge in [0.1, 0.15) is 0 Å². The largest absolute Gasteiger partial charge is 0.338 e. The minimum atomic E-state index is 0.0755. The maximum atomic E-state index is 12.0. The average molecular weight is 211 g/mol. The molecule has 2 fully saturated rings. The fourth-order valence-corrected chi connectivity index (χ4v) is 2.96. The van der Waals surface area contributed by atoms with Crippen LogP contribution in [0.2, 0.25) is 0 Å². The molecule has 0 aromatic heterocycles. The highest BCUT2D eigenvalue weighted by Crippen LogP contribution is 2.24. The van der Waals surface area contributed by atoms with E-state index in [0.717, 1.165) is 19.6 Å². The van der Waals surface area contributed by atoms with Crippen molar-refractivity contribution in [2.45, 2.75) is 38.4 Å². The molecule has 3 unspecified atom stereocenters. The van der Waals surface area contributed by atoms with Crippen LogP contribution in [0.15, 0.2) is 0 Å². The molecule has 0 spiro atoms. The van der Waals surface area contributed by atoms with Crippen molar-refractivity contribution in [3.8, 4) is 0 Å². The zero-order valence-corrected chi connectivity index (χ0v) is 9.86. The Kier molecular flexibility index (Phi) is 2.98. The quantitative estimate of drug-likeness (QED) is 0.693. The van der Waals surface area contributed by atoms with E-state index >= 15 is 0 Å². The van der Waals surface area contributed by atoms with Crippen LogP contribution in [0.25, 0.3) is 0 Å². The number of amides is 1. The molecule has 1 amide bonds. The summed E-state index contributed by atoms with van der Waals surface area (Å²) >= 11 is 0. The Morgan fingerprint density at radius 1 is 1.47 bits per heavy atom. The molecule has 0 radical (unpaired) electrons. The van der Waals surface area contributed by atoms with Gasteiger partial charge in [-0.05, 0) is 26.9 Å². The van der Waals surface area contributed by atoms with Gasteiger partial charge in [0, 0.05) is 25.2 Å². The smallest absolute Gasteiger partial charge is 0.239 e. The summed E-state index contributed by atoms with van der Waals surface area (Å²) in [4.78, 5) is 16.4. The van der Waals surface area contributed by atoms with Crippen molar-refractivity contribution >= 4 is 5.91 Å². The Hall–Kier alpha value is -0.610. The van der Waals surface area contributed by atoms with Gasteiger partial charge >= 0.3 is 0 Å². The second-order valence-electron chi connectivity index (χ2n) is 4.62. The Morgan fingerprint density at radius 2 is 2.20 bits per heavy atom. The van der Waals surface area contributed by atoms with Crippen molar-refractivity contribution in [3.63, 3.8) is 0 Å². The van der Waals surface area contributed by atoms with E-state index in [-0.39, 0.29) is 6.04 Å². The SMILES string of the molecule is CCN1C2CC(NC)CN(C2)C(=O)C1C. The molecule has 0 saturated carbocycles. The highest BCUT2D eigenvalue weighted by Gasteiger charge is 2.41. The number of piperazine rings is 1. The summed E-state index contributed by atoms with van der Waals surface area (Å²) in [5.41, 5.74) is 0.